The highest BCUT2D eigenvalue weighted by Gasteiger charge is 2.48. The first-order chi connectivity index (χ1) is 9.20. The van der Waals surface area contributed by atoms with Crippen molar-refractivity contribution in [3.05, 3.63) is 0 Å². The Morgan fingerprint density at radius 1 is 1.00 bits per heavy atom. The van der Waals surface area contributed by atoms with Crippen molar-refractivity contribution in [1.82, 2.24) is 0 Å². The largest absolute Gasteiger partial charge is 0.481 e. The molecule has 4 aliphatic rings. The highest BCUT2D eigenvalue weighted by Crippen LogP contribution is 2.46. The van der Waals surface area contributed by atoms with Crippen LogP contribution in [0.25, 0.3) is 0 Å². The van der Waals surface area contributed by atoms with Gasteiger partial charge in [0.05, 0.1) is 30.3 Å². The molecule has 0 spiro atoms. The van der Waals surface area contributed by atoms with E-state index in [9.17, 15) is 9.90 Å². The minimum Gasteiger partial charge on any atom is -0.481 e. The molecule has 4 nitrogen and oxygen atoms in total. The lowest BCUT2D eigenvalue weighted by molar-refractivity contribution is -0.145. The minimum atomic E-state index is -0.595. The van der Waals surface area contributed by atoms with Crippen LogP contribution in [0.1, 0.15) is 44.9 Å². The fraction of sp³-hybridized carbons (Fsp3) is 0.933. The molecule has 0 aromatic heterocycles. The molecule has 2 saturated carbocycles. The fourth-order valence-corrected chi connectivity index (χ4v) is 4.36. The molecule has 4 fully saturated rings. The van der Waals surface area contributed by atoms with Gasteiger partial charge in [-0.1, -0.05) is 0 Å². The number of carboxylic acid groups (broad SMARTS) is 1. The average Bonchev–Trinajstić information content (AvgIpc) is 3.27. The number of carbonyl (C=O) groups is 1. The van der Waals surface area contributed by atoms with Crippen molar-refractivity contribution >= 4 is 5.97 Å². The van der Waals surface area contributed by atoms with Gasteiger partial charge in [-0.25, -0.2) is 0 Å². The fourth-order valence-electron chi connectivity index (χ4n) is 4.36. The smallest absolute Gasteiger partial charge is 0.306 e. The Balaban J connectivity index is 1.38. The summed E-state index contributed by atoms with van der Waals surface area (Å²) in [5, 5.41) is 9.56. The maximum absolute atomic E-state index is 11.6. The van der Waals surface area contributed by atoms with E-state index in [1.54, 1.807) is 0 Å². The van der Waals surface area contributed by atoms with E-state index in [-0.39, 0.29) is 5.92 Å². The predicted octanol–water partition coefficient (Wildman–Crippen LogP) is 2.21. The molecule has 1 N–H and O–H groups in total. The number of aliphatic carboxylic acids is 1. The van der Waals surface area contributed by atoms with Gasteiger partial charge in [0.2, 0.25) is 0 Å². The van der Waals surface area contributed by atoms with Gasteiger partial charge in [0.25, 0.3) is 0 Å². The zero-order chi connectivity index (χ0) is 13.0. The summed E-state index contributed by atoms with van der Waals surface area (Å²) in [7, 11) is 0. The van der Waals surface area contributed by atoms with Crippen LogP contribution in [-0.2, 0) is 14.3 Å². The van der Waals surface area contributed by atoms with Crippen LogP contribution in [0.2, 0.25) is 0 Å². The van der Waals surface area contributed by atoms with Crippen LogP contribution in [0.5, 0.6) is 0 Å². The molecule has 0 bridgehead atoms. The first kappa shape index (κ1) is 12.2. The molecular weight excluding hydrogens is 244 g/mol. The van der Waals surface area contributed by atoms with Gasteiger partial charge in [0.1, 0.15) is 0 Å². The standard InChI is InChI=1S/C15H22O4/c16-15(17)10(9-2-4-12-14(7-9)19-12)5-8-1-3-11-13(6-8)18-11/h8-14H,1-7H2,(H,16,17). The summed E-state index contributed by atoms with van der Waals surface area (Å²) < 4.78 is 11.1. The molecule has 0 aromatic rings. The van der Waals surface area contributed by atoms with Gasteiger partial charge in [-0.15, -0.1) is 0 Å². The lowest BCUT2D eigenvalue weighted by Crippen LogP contribution is -2.31. The van der Waals surface area contributed by atoms with Crippen LogP contribution in [0.15, 0.2) is 0 Å². The lowest BCUT2D eigenvalue weighted by Gasteiger charge is -2.29. The Morgan fingerprint density at radius 3 is 2.32 bits per heavy atom. The zero-order valence-electron chi connectivity index (χ0n) is 11.2. The molecule has 7 atom stereocenters. The molecule has 2 heterocycles. The maximum Gasteiger partial charge on any atom is 0.306 e. The second kappa shape index (κ2) is 4.45. The topological polar surface area (TPSA) is 62.4 Å². The van der Waals surface area contributed by atoms with Gasteiger partial charge >= 0.3 is 5.97 Å². The second-order valence-corrected chi connectivity index (χ2v) is 6.86. The number of ether oxygens (including phenoxy) is 2. The Morgan fingerprint density at radius 2 is 1.68 bits per heavy atom. The van der Waals surface area contributed by atoms with E-state index < -0.39 is 5.97 Å². The molecule has 19 heavy (non-hydrogen) atoms. The predicted molar refractivity (Wildman–Crippen MR) is 67.7 cm³/mol. The van der Waals surface area contributed by atoms with E-state index in [0.717, 1.165) is 44.9 Å². The number of hydrogen-bond acceptors (Lipinski definition) is 3. The molecule has 106 valence electrons. The van der Waals surface area contributed by atoms with Gasteiger partial charge < -0.3 is 14.6 Å². The van der Waals surface area contributed by atoms with E-state index in [1.165, 1.54) is 0 Å². The summed E-state index contributed by atoms with van der Waals surface area (Å²) >= 11 is 0. The van der Waals surface area contributed by atoms with E-state index in [2.05, 4.69) is 0 Å². The van der Waals surface area contributed by atoms with E-state index in [1.807, 2.05) is 0 Å². The van der Waals surface area contributed by atoms with E-state index in [0.29, 0.717) is 36.3 Å². The first-order valence-electron chi connectivity index (χ1n) is 7.74. The van der Waals surface area contributed by atoms with E-state index in [4.69, 9.17) is 9.47 Å². The zero-order valence-corrected chi connectivity index (χ0v) is 11.2. The molecule has 2 aliphatic heterocycles. The van der Waals surface area contributed by atoms with Crippen LogP contribution in [0, 0.1) is 17.8 Å². The van der Waals surface area contributed by atoms with Gasteiger partial charge in [0, 0.05) is 0 Å². The number of fused-ring (bicyclic) bond motifs is 2. The van der Waals surface area contributed by atoms with Crippen molar-refractivity contribution in [1.29, 1.82) is 0 Å². The lowest BCUT2D eigenvalue weighted by atomic mass is 9.73. The van der Waals surface area contributed by atoms with Gasteiger partial charge in [-0.3, -0.25) is 4.79 Å². The Hall–Kier alpha value is -0.610. The maximum atomic E-state index is 11.6. The third kappa shape index (κ3) is 2.40. The molecule has 0 aromatic carbocycles. The summed E-state index contributed by atoms with van der Waals surface area (Å²) in [6.45, 7) is 0. The number of hydrogen-bond donors (Lipinski definition) is 1. The van der Waals surface area contributed by atoms with Crippen LogP contribution in [-0.4, -0.2) is 35.5 Å². The summed E-state index contributed by atoms with van der Waals surface area (Å²) in [6, 6.07) is 0. The molecule has 4 heteroatoms. The van der Waals surface area contributed by atoms with Crippen LogP contribution < -0.4 is 0 Å². The normalized spacial score (nSPS) is 48.8. The van der Waals surface area contributed by atoms with Crippen molar-refractivity contribution in [2.45, 2.75) is 69.4 Å². The molecule has 0 radical (unpaired) electrons. The quantitative estimate of drug-likeness (QED) is 0.792. The highest BCUT2D eigenvalue weighted by molar-refractivity contribution is 5.70. The SMILES string of the molecule is O=C(O)C(CC1CCC2OC2C1)C1CCC2OC2C1. The van der Waals surface area contributed by atoms with Gasteiger partial charge in [-0.05, 0) is 56.8 Å². The monoisotopic (exact) mass is 266 g/mol. The number of carboxylic acids is 1. The average molecular weight is 266 g/mol. The molecule has 4 rings (SSSR count). The highest BCUT2D eigenvalue weighted by atomic mass is 16.6. The Labute approximate surface area is 113 Å². The third-order valence-corrected chi connectivity index (χ3v) is 5.63. The molecule has 2 aliphatic carbocycles. The second-order valence-electron chi connectivity index (χ2n) is 6.86. The van der Waals surface area contributed by atoms with E-state index >= 15 is 0 Å². The van der Waals surface area contributed by atoms with Crippen molar-refractivity contribution in [3.8, 4) is 0 Å². The summed E-state index contributed by atoms with van der Waals surface area (Å²) in [5.74, 6) is 0.134. The molecule has 2 saturated heterocycles. The molecule has 7 unspecified atom stereocenters. The Kier molecular flexibility index (Phi) is 2.85. The van der Waals surface area contributed by atoms with Crippen molar-refractivity contribution < 1.29 is 19.4 Å². The minimum absolute atomic E-state index is 0.162. The van der Waals surface area contributed by atoms with Crippen LogP contribution >= 0.6 is 0 Å². The van der Waals surface area contributed by atoms with Crippen LogP contribution in [0.4, 0.5) is 0 Å². The van der Waals surface area contributed by atoms with Crippen LogP contribution in [0.3, 0.4) is 0 Å². The Bertz CT molecular complexity index is 382. The van der Waals surface area contributed by atoms with Crippen molar-refractivity contribution in [2.75, 3.05) is 0 Å². The number of rotatable bonds is 4. The number of epoxide rings is 2. The summed E-state index contributed by atoms with van der Waals surface area (Å²) in [4.78, 5) is 11.6. The third-order valence-electron chi connectivity index (χ3n) is 5.63. The van der Waals surface area contributed by atoms with Crippen molar-refractivity contribution in [2.24, 2.45) is 17.8 Å². The molecule has 0 amide bonds. The molecular formula is C15H22O4. The van der Waals surface area contributed by atoms with Crippen molar-refractivity contribution in [3.63, 3.8) is 0 Å². The summed E-state index contributed by atoms with van der Waals surface area (Å²) in [5.41, 5.74) is 0. The van der Waals surface area contributed by atoms with Gasteiger partial charge in [0.15, 0.2) is 0 Å². The summed E-state index contributed by atoms with van der Waals surface area (Å²) in [6.07, 6.45) is 9.10. The van der Waals surface area contributed by atoms with Gasteiger partial charge in [-0.2, -0.15) is 0 Å². The first-order valence-corrected chi connectivity index (χ1v) is 7.74.